The van der Waals surface area contributed by atoms with E-state index in [0.29, 0.717) is 13.2 Å². The zero-order valence-electron chi connectivity index (χ0n) is 9.06. The smallest absolute Gasteiger partial charge is 0.407 e. The summed E-state index contributed by atoms with van der Waals surface area (Å²) in [4.78, 5) is 10.8. The van der Waals surface area contributed by atoms with Crippen LogP contribution in [0.2, 0.25) is 0 Å². The van der Waals surface area contributed by atoms with Gasteiger partial charge in [0.15, 0.2) is 0 Å². The fraction of sp³-hybridized carbons (Fsp3) is 0.889. The molecule has 0 fully saturated rings. The fourth-order valence-electron chi connectivity index (χ4n) is 0.924. The highest BCUT2D eigenvalue weighted by molar-refractivity contribution is 5.66. The molecule has 0 spiro atoms. The maximum absolute atomic E-state index is 10.8. The van der Waals surface area contributed by atoms with Crippen LogP contribution in [0.25, 0.3) is 0 Å². The molecule has 0 saturated heterocycles. The van der Waals surface area contributed by atoms with Gasteiger partial charge in [-0.15, -0.1) is 0 Å². The van der Waals surface area contributed by atoms with Gasteiger partial charge in [-0.25, -0.2) is 4.79 Å². The summed E-state index contributed by atoms with van der Waals surface area (Å²) in [6.07, 6.45) is 0.588. The van der Waals surface area contributed by atoms with Crippen molar-refractivity contribution in [3.63, 3.8) is 0 Å². The molecule has 14 heavy (non-hydrogen) atoms. The van der Waals surface area contributed by atoms with E-state index in [1.165, 1.54) is 0 Å². The molecule has 0 aromatic heterocycles. The van der Waals surface area contributed by atoms with Gasteiger partial charge in [-0.1, -0.05) is 0 Å². The summed E-state index contributed by atoms with van der Waals surface area (Å²) in [5.74, 6) is 0. The molecule has 0 heterocycles. The van der Waals surface area contributed by atoms with Gasteiger partial charge < -0.3 is 20.7 Å². The number of hydrogen-bond acceptors (Lipinski definition) is 4. The Hall–Kier alpha value is -0.810. The lowest BCUT2D eigenvalue weighted by Crippen LogP contribution is -2.30. The molecule has 0 unspecified atom stereocenters. The number of hydrogen-bond donors (Lipinski definition) is 3. The molecule has 0 aliphatic heterocycles. The summed E-state index contributed by atoms with van der Waals surface area (Å²) in [6, 6.07) is 0. The molecule has 0 aromatic rings. The number of alkyl carbamates (subject to hydrolysis) is 1. The minimum atomic E-state index is -0.331. The van der Waals surface area contributed by atoms with Gasteiger partial charge in [0.2, 0.25) is 0 Å². The largest absolute Gasteiger partial charge is 0.450 e. The van der Waals surface area contributed by atoms with Crippen LogP contribution in [0.3, 0.4) is 0 Å². The lowest BCUT2D eigenvalue weighted by atomic mass is 10.4. The number of likely N-dealkylation sites (N-methyl/N-ethyl adjacent to an activating group) is 1. The number of carbonyl (C=O) groups excluding carboxylic acids is 1. The molecule has 5 nitrogen and oxygen atoms in total. The Morgan fingerprint density at radius 2 is 2.00 bits per heavy atom. The van der Waals surface area contributed by atoms with Gasteiger partial charge in [0.05, 0.1) is 6.61 Å². The van der Waals surface area contributed by atoms with E-state index in [9.17, 15) is 4.79 Å². The molecule has 1 amide bonds. The second-order valence-electron chi connectivity index (χ2n) is 2.85. The third kappa shape index (κ3) is 9.28. The minimum Gasteiger partial charge on any atom is -0.450 e. The zero-order chi connectivity index (χ0) is 10.6. The van der Waals surface area contributed by atoms with Crippen molar-refractivity contribution in [2.45, 2.75) is 13.3 Å². The lowest BCUT2D eigenvalue weighted by molar-refractivity contribution is 0.152. The number of amides is 1. The van der Waals surface area contributed by atoms with Gasteiger partial charge in [-0.3, -0.25) is 0 Å². The van der Waals surface area contributed by atoms with Crippen molar-refractivity contribution in [1.29, 1.82) is 0 Å². The van der Waals surface area contributed by atoms with Crippen molar-refractivity contribution in [3.8, 4) is 0 Å². The molecule has 0 radical (unpaired) electrons. The number of nitrogens with one attached hydrogen (secondary N) is 3. The molecular weight excluding hydrogens is 182 g/mol. The third-order valence-corrected chi connectivity index (χ3v) is 1.63. The van der Waals surface area contributed by atoms with Crippen LogP contribution in [0.1, 0.15) is 13.3 Å². The number of carbonyl (C=O) groups is 1. The van der Waals surface area contributed by atoms with E-state index in [1.807, 2.05) is 7.05 Å². The van der Waals surface area contributed by atoms with Crippen molar-refractivity contribution in [1.82, 2.24) is 16.0 Å². The quantitative estimate of drug-likeness (QED) is 0.483. The van der Waals surface area contributed by atoms with Crippen LogP contribution in [0.15, 0.2) is 0 Å². The van der Waals surface area contributed by atoms with Crippen molar-refractivity contribution in [2.75, 3.05) is 39.8 Å². The summed E-state index contributed by atoms with van der Waals surface area (Å²) in [6.45, 7) is 5.70. The van der Waals surface area contributed by atoms with Crippen molar-refractivity contribution >= 4 is 6.09 Å². The van der Waals surface area contributed by atoms with E-state index < -0.39 is 0 Å². The molecule has 3 N–H and O–H groups in total. The summed E-state index contributed by atoms with van der Waals surface area (Å²) in [7, 11) is 1.92. The number of ether oxygens (including phenoxy) is 1. The van der Waals surface area contributed by atoms with E-state index >= 15 is 0 Å². The molecule has 0 aliphatic carbocycles. The highest BCUT2D eigenvalue weighted by atomic mass is 16.5. The van der Waals surface area contributed by atoms with Crippen LogP contribution in [0.4, 0.5) is 4.79 Å². The van der Waals surface area contributed by atoms with Crippen LogP contribution >= 0.6 is 0 Å². The molecule has 0 saturated carbocycles. The van der Waals surface area contributed by atoms with Gasteiger partial charge >= 0.3 is 6.09 Å². The standard InChI is InChI=1S/C9H21N3O2/c1-3-14-9(13)12-6-4-5-11-8-7-10-2/h10-11H,3-8H2,1-2H3,(H,12,13). The summed E-state index contributed by atoms with van der Waals surface area (Å²) >= 11 is 0. The van der Waals surface area contributed by atoms with Crippen molar-refractivity contribution in [3.05, 3.63) is 0 Å². The molecule has 0 aromatic carbocycles. The summed E-state index contributed by atoms with van der Waals surface area (Å²) in [5.41, 5.74) is 0. The zero-order valence-corrected chi connectivity index (χ0v) is 9.06. The van der Waals surface area contributed by atoms with E-state index in [-0.39, 0.29) is 6.09 Å². The average Bonchev–Trinajstić information content (AvgIpc) is 2.17. The molecule has 84 valence electrons. The van der Waals surface area contributed by atoms with Gasteiger partial charge in [-0.05, 0) is 26.9 Å². The van der Waals surface area contributed by atoms with Crippen LogP contribution in [-0.2, 0) is 4.74 Å². The maximum Gasteiger partial charge on any atom is 0.407 e. The van der Waals surface area contributed by atoms with E-state index in [2.05, 4.69) is 16.0 Å². The predicted octanol–water partition coefficient (Wildman–Crippen LogP) is -0.0684. The summed E-state index contributed by atoms with van der Waals surface area (Å²) in [5, 5.41) is 8.94. The Morgan fingerprint density at radius 1 is 1.21 bits per heavy atom. The van der Waals surface area contributed by atoms with Crippen LogP contribution in [0.5, 0.6) is 0 Å². The molecule has 0 bridgehead atoms. The third-order valence-electron chi connectivity index (χ3n) is 1.63. The minimum absolute atomic E-state index is 0.331. The fourth-order valence-corrected chi connectivity index (χ4v) is 0.924. The van der Waals surface area contributed by atoms with Crippen molar-refractivity contribution in [2.24, 2.45) is 0 Å². The highest BCUT2D eigenvalue weighted by Crippen LogP contribution is 1.78. The van der Waals surface area contributed by atoms with E-state index in [1.54, 1.807) is 6.92 Å². The summed E-state index contributed by atoms with van der Waals surface area (Å²) < 4.78 is 4.71. The molecule has 5 heteroatoms. The first-order chi connectivity index (χ1) is 6.81. The van der Waals surface area contributed by atoms with E-state index in [0.717, 1.165) is 26.1 Å². The van der Waals surface area contributed by atoms with Gasteiger partial charge in [0.25, 0.3) is 0 Å². The van der Waals surface area contributed by atoms with Crippen LogP contribution < -0.4 is 16.0 Å². The SMILES string of the molecule is CCOC(=O)NCCCNCCNC. The Labute approximate surface area is 85.6 Å². The van der Waals surface area contributed by atoms with Gasteiger partial charge in [-0.2, -0.15) is 0 Å². The molecule has 0 atom stereocenters. The Morgan fingerprint density at radius 3 is 2.64 bits per heavy atom. The number of rotatable bonds is 8. The first kappa shape index (κ1) is 13.2. The Kier molecular flexibility index (Phi) is 9.68. The second kappa shape index (κ2) is 10.3. The Balaban J connectivity index is 3.01. The molecule has 0 rings (SSSR count). The van der Waals surface area contributed by atoms with Gasteiger partial charge in [0, 0.05) is 19.6 Å². The van der Waals surface area contributed by atoms with Crippen molar-refractivity contribution < 1.29 is 9.53 Å². The maximum atomic E-state index is 10.8. The van der Waals surface area contributed by atoms with E-state index in [4.69, 9.17) is 4.74 Å². The average molecular weight is 203 g/mol. The predicted molar refractivity (Wildman–Crippen MR) is 56.4 cm³/mol. The van der Waals surface area contributed by atoms with Crippen LogP contribution in [0, 0.1) is 0 Å². The molecule has 0 aliphatic rings. The monoisotopic (exact) mass is 203 g/mol. The topological polar surface area (TPSA) is 62.4 Å². The Bertz CT molecular complexity index is 142. The highest BCUT2D eigenvalue weighted by Gasteiger charge is 1.97. The second-order valence-corrected chi connectivity index (χ2v) is 2.85. The van der Waals surface area contributed by atoms with Crippen LogP contribution in [-0.4, -0.2) is 45.9 Å². The first-order valence-electron chi connectivity index (χ1n) is 5.07. The lowest BCUT2D eigenvalue weighted by Gasteiger charge is -2.06. The normalized spacial score (nSPS) is 9.86. The van der Waals surface area contributed by atoms with Gasteiger partial charge in [0.1, 0.15) is 0 Å². The first-order valence-corrected chi connectivity index (χ1v) is 5.07. The molecular formula is C9H21N3O2.